The van der Waals surface area contributed by atoms with Crippen LogP contribution in [0.2, 0.25) is 0 Å². The predicted molar refractivity (Wildman–Crippen MR) is 52.4 cm³/mol. The summed E-state index contributed by atoms with van der Waals surface area (Å²) in [6.07, 6.45) is 2.68. The molecule has 5 heteroatoms. The Hall–Kier alpha value is -1.36. The van der Waals surface area contributed by atoms with Crippen molar-refractivity contribution >= 4 is 5.91 Å². The van der Waals surface area contributed by atoms with E-state index >= 15 is 0 Å². The minimum atomic E-state index is -0.433. The molecule has 1 aliphatic rings. The van der Waals surface area contributed by atoms with E-state index in [9.17, 15) is 9.90 Å². The summed E-state index contributed by atoms with van der Waals surface area (Å²) < 4.78 is 4.84. The Kier molecular flexibility index (Phi) is 2.48. The van der Waals surface area contributed by atoms with Crippen molar-refractivity contribution in [3.8, 4) is 0 Å². The number of nitrogens with zero attached hydrogens (tertiary/aromatic N) is 1. The Morgan fingerprint density at radius 1 is 1.73 bits per heavy atom. The first-order valence-electron chi connectivity index (χ1n) is 5.02. The van der Waals surface area contributed by atoms with Gasteiger partial charge in [0.15, 0.2) is 0 Å². The van der Waals surface area contributed by atoms with E-state index < -0.39 is 5.54 Å². The predicted octanol–water partition coefficient (Wildman–Crippen LogP) is 0.628. The number of amides is 1. The molecule has 1 amide bonds. The monoisotopic (exact) mass is 210 g/mol. The molecule has 0 spiro atoms. The van der Waals surface area contributed by atoms with Gasteiger partial charge in [0, 0.05) is 6.07 Å². The highest BCUT2D eigenvalue weighted by atomic mass is 16.5. The maximum Gasteiger partial charge on any atom is 0.290 e. The lowest BCUT2D eigenvalue weighted by Gasteiger charge is -2.40. The zero-order valence-corrected chi connectivity index (χ0v) is 8.62. The van der Waals surface area contributed by atoms with Crippen molar-refractivity contribution in [1.82, 2.24) is 10.5 Å². The average Bonchev–Trinajstić information content (AvgIpc) is 2.58. The van der Waals surface area contributed by atoms with E-state index in [1.807, 2.05) is 0 Å². The fourth-order valence-corrected chi connectivity index (χ4v) is 1.70. The number of aliphatic hydroxyl groups excluding tert-OH is 1. The van der Waals surface area contributed by atoms with E-state index in [0.717, 1.165) is 19.3 Å². The molecule has 1 aromatic rings. The SMILES string of the molecule is Cc1cc(C(=O)NC2(CO)CCC2)on1. The first-order chi connectivity index (χ1) is 7.15. The number of nitrogens with one attached hydrogen (secondary N) is 1. The molecule has 0 bridgehead atoms. The maximum atomic E-state index is 11.7. The fourth-order valence-electron chi connectivity index (χ4n) is 1.70. The molecule has 1 aliphatic carbocycles. The van der Waals surface area contributed by atoms with Crippen LogP contribution in [0.15, 0.2) is 10.6 Å². The lowest BCUT2D eigenvalue weighted by atomic mass is 9.77. The minimum Gasteiger partial charge on any atom is -0.394 e. The molecule has 1 saturated carbocycles. The zero-order chi connectivity index (χ0) is 10.9. The molecule has 0 saturated heterocycles. The second-order valence-electron chi connectivity index (χ2n) is 4.08. The van der Waals surface area contributed by atoms with Gasteiger partial charge in [-0.3, -0.25) is 4.79 Å². The Morgan fingerprint density at radius 2 is 2.47 bits per heavy atom. The largest absolute Gasteiger partial charge is 0.394 e. The van der Waals surface area contributed by atoms with Gasteiger partial charge in [0.1, 0.15) is 0 Å². The molecule has 5 nitrogen and oxygen atoms in total. The third-order valence-corrected chi connectivity index (χ3v) is 2.84. The second kappa shape index (κ2) is 3.66. The van der Waals surface area contributed by atoms with Gasteiger partial charge in [-0.05, 0) is 26.2 Å². The second-order valence-corrected chi connectivity index (χ2v) is 4.08. The van der Waals surface area contributed by atoms with Crippen molar-refractivity contribution in [3.05, 3.63) is 17.5 Å². The molecule has 2 rings (SSSR count). The standard InChI is InChI=1S/C10H14N2O3/c1-7-5-8(15-12-7)9(14)11-10(6-13)3-2-4-10/h5,13H,2-4,6H2,1H3,(H,11,14). The van der Waals surface area contributed by atoms with Crippen LogP contribution in [-0.2, 0) is 0 Å². The summed E-state index contributed by atoms with van der Waals surface area (Å²) in [6, 6.07) is 1.58. The molecule has 0 aromatic carbocycles. The van der Waals surface area contributed by atoms with Crippen LogP contribution in [0.5, 0.6) is 0 Å². The van der Waals surface area contributed by atoms with Crippen molar-refractivity contribution in [1.29, 1.82) is 0 Å². The normalized spacial score (nSPS) is 18.3. The maximum absolute atomic E-state index is 11.7. The van der Waals surface area contributed by atoms with Crippen LogP contribution in [0.3, 0.4) is 0 Å². The molecule has 0 radical (unpaired) electrons. The number of hydrogen-bond donors (Lipinski definition) is 2. The molecule has 0 unspecified atom stereocenters. The van der Waals surface area contributed by atoms with Crippen LogP contribution in [-0.4, -0.2) is 28.3 Å². The number of aromatic nitrogens is 1. The Bertz CT molecular complexity index is 363. The third kappa shape index (κ3) is 1.87. The van der Waals surface area contributed by atoms with E-state index in [1.165, 1.54) is 0 Å². The van der Waals surface area contributed by atoms with Crippen molar-refractivity contribution in [2.75, 3.05) is 6.61 Å². The lowest BCUT2D eigenvalue weighted by molar-refractivity contribution is 0.0613. The highest BCUT2D eigenvalue weighted by Gasteiger charge is 2.38. The van der Waals surface area contributed by atoms with Gasteiger partial charge >= 0.3 is 0 Å². The topological polar surface area (TPSA) is 75.4 Å². The number of aryl methyl sites for hydroxylation is 1. The number of carbonyl (C=O) groups excluding carboxylic acids is 1. The van der Waals surface area contributed by atoms with Crippen molar-refractivity contribution in [3.63, 3.8) is 0 Å². The summed E-state index contributed by atoms with van der Waals surface area (Å²) in [7, 11) is 0. The number of hydrogen-bond acceptors (Lipinski definition) is 4. The zero-order valence-electron chi connectivity index (χ0n) is 8.62. The van der Waals surface area contributed by atoms with Crippen LogP contribution in [0.25, 0.3) is 0 Å². The lowest BCUT2D eigenvalue weighted by Crippen LogP contribution is -2.56. The van der Waals surface area contributed by atoms with Crippen molar-refractivity contribution in [2.45, 2.75) is 31.7 Å². The smallest absolute Gasteiger partial charge is 0.290 e. The number of aliphatic hydroxyl groups is 1. The van der Waals surface area contributed by atoms with Gasteiger partial charge in [-0.25, -0.2) is 0 Å². The number of rotatable bonds is 3. The van der Waals surface area contributed by atoms with E-state index in [4.69, 9.17) is 4.52 Å². The molecule has 1 aromatic heterocycles. The van der Waals surface area contributed by atoms with Crippen molar-refractivity contribution < 1.29 is 14.4 Å². The van der Waals surface area contributed by atoms with E-state index in [0.29, 0.717) is 5.69 Å². The first kappa shape index (κ1) is 10.2. The molecular formula is C10H14N2O3. The molecule has 82 valence electrons. The Morgan fingerprint density at radius 3 is 2.87 bits per heavy atom. The summed E-state index contributed by atoms with van der Waals surface area (Å²) in [5, 5.41) is 15.6. The van der Waals surface area contributed by atoms with Crippen LogP contribution < -0.4 is 5.32 Å². The van der Waals surface area contributed by atoms with Crippen molar-refractivity contribution in [2.24, 2.45) is 0 Å². The van der Waals surface area contributed by atoms with Gasteiger partial charge in [0.05, 0.1) is 17.8 Å². The first-order valence-corrected chi connectivity index (χ1v) is 5.02. The molecule has 15 heavy (non-hydrogen) atoms. The van der Waals surface area contributed by atoms with Gasteiger partial charge in [-0.1, -0.05) is 5.16 Å². The van der Waals surface area contributed by atoms with Crippen LogP contribution in [0, 0.1) is 6.92 Å². The van der Waals surface area contributed by atoms with Gasteiger partial charge in [0.25, 0.3) is 5.91 Å². The average molecular weight is 210 g/mol. The third-order valence-electron chi connectivity index (χ3n) is 2.84. The van der Waals surface area contributed by atoms with Gasteiger partial charge in [-0.15, -0.1) is 0 Å². The Balaban J connectivity index is 2.03. The van der Waals surface area contributed by atoms with E-state index in [-0.39, 0.29) is 18.3 Å². The highest BCUT2D eigenvalue weighted by molar-refractivity contribution is 5.92. The van der Waals surface area contributed by atoms with Gasteiger partial charge in [0.2, 0.25) is 5.76 Å². The summed E-state index contributed by atoms with van der Waals surface area (Å²) >= 11 is 0. The van der Waals surface area contributed by atoms with Gasteiger partial charge < -0.3 is 14.9 Å². The Labute approximate surface area is 87.5 Å². The molecule has 0 atom stereocenters. The summed E-state index contributed by atoms with van der Waals surface area (Å²) in [4.78, 5) is 11.7. The molecule has 0 aliphatic heterocycles. The quantitative estimate of drug-likeness (QED) is 0.767. The summed E-state index contributed by atoms with van der Waals surface area (Å²) in [6.45, 7) is 1.73. The molecular weight excluding hydrogens is 196 g/mol. The van der Waals surface area contributed by atoms with E-state index in [2.05, 4.69) is 10.5 Å². The van der Waals surface area contributed by atoms with E-state index in [1.54, 1.807) is 13.0 Å². The molecule has 1 fully saturated rings. The fraction of sp³-hybridized carbons (Fsp3) is 0.600. The minimum absolute atomic E-state index is 0.0220. The van der Waals surface area contributed by atoms with Crippen LogP contribution >= 0.6 is 0 Å². The number of carbonyl (C=O) groups is 1. The molecule has 1 heterocycles. The summed E-state index contributed by atoms with van der Waals surface area (Å²) in [5.41, 5.74) is 0.240. The molecule has 2 N–H and O–H groups in total. The van der Waals surface area contributed by atoms with Crippen LogP contribution in [0.4, 0.5) is 0 Å². The van der Waals surface area contributed by atoms with Crippen LogP contribution in [0.1, 0.15) is 35.5 Å². The highest BCUT2D eigenvalue weighted by Crippen LogP contribution is 2.31. The summed E-state index contributed by atoms with van der Waals surface area (Å²) in [5.74, 6) is -0.100. The van der Waals surface area contributed by atoms with Gasteiger partial charge in [-0.2, -0.15) is 0 Å².